The number of hydrazone groups is 1. The molecular formula is C19H20BrClN6O4. The molecule has 0 saturated carbocycles. The summed E-state index contributed by atoms with van der Waals surface area (Å²) in [5.74, 6) is 0.516. The van der Waals surface area contributed by atoms with Crippen LogP contribution in [0.1, 0.15) is 12.5 Å². The van der Waals surface area contributed by atoms with Crippen LogP contribution in [0, 0.1) is 0 Å². The number of aromatic hydroxyl groups is 1. The second-order valence-electron chi connectivity index (χ2n) is 6.64. The molecule has 0 aliphatic rings. The normalized spacial score (nSPS) is 12.1. The first-order valence-electron chi connectivity index (χ1n) is 8.99. The fourth-order valence-electron chi connectivity index (χ4n) is 2.92. The van der Waals surface area contributed by atoms with Crippen molar-refractivity contribution in [1.29, 1.82) is 0 Å². The molecule has 0 spiro atoms. The minimum absolute atomic E-state index is 0.0191. The Labute approximate surface area is 190 Å². The van der Waals surface area contributed by atoms with Gasteiger partial charge in [-0.25, -0.2) is 10.2 Å². The number of methoxy groups -OCH3 is 1. The van der Waals surface area contributed by atoms with Crippen LogP contribution in [-0.2, 0) is 20.6 Å². The molecule has 3 rings (SSSR count). The predicted molar refractivity (Wildman–Crippen MR) is 123 cm³/mol. The average Bonchev–Trinajstić information content (AvgIpc) is 3.10. The number of halogens is 2. The molecule has 164 valence electrons. The Kier molecular flexibility index (Phi) is 6.56. The molecule has 12 heteroatoms. The number of phenolic OH excluding ortho intramolecular Hbond substituents is 1. The number of hydrogen-bond donors (Lipinski definition) is 2. The molecule has 3 aromatic rings. The summed E-state index contributed by atoms with van der Waals surface area (Å²) in [5, 5.41) is 14.6. The minimum atomic E-state index is -0.484. The van der Waals surface area contributed by atoms with E-state index in [1.807, 2.05) is 0 Å². The number of allylic oxidation sites excluding steroid dienone is 2. The Hall–Kier alpha value is -3.05. The van der Waals surface area contributed by atoms with E-state index in [9.17, 15) is 14.7 Å². The Morgan fingerprint density at radius 2 is 2.06 bits per heavy atom. The summed E-state index contributed by atoms with van der Waals surface area (Å²) >= 11 is 9.22. The molecule has 0 bridgehead atoms. The number of nitrogens with one attached hydrogen (secondary N) is 1. The maximum atomic E-state index is 12.7. The molecular weight excluding hydrogens is 492 g/mol. The Morgan fingerprint density at radius 3 is 2.71 bits per heavy atom. The fraction of sp³-hybridized carbons (Fsp3) is 0.263. The smallest absolute Gasteiger partial charge is 0.332 e. The SMILES string of the molecule is COc1cc(C=NNc2nc3c(c(=O)n(C)c(=O)n3C)n2CC=C(C)Cl)cc(Br)c1O. The summed E-state index contributed by atoms with van der Waals surface area (Å²) < 4.78 is 9.48. The number of aromatic nitrogens is 4. The topological polar surface area (TPSA) is 116 Å². The van der Waals surface area contributed by atoms with Gasteiger partial charge in [0.25, 0.3) is 5.56 Å². The van der Waals surface area contributed by atoms with Crippen molar-refractivity contribution in [2.45, 2.75) is 13.5 Å². The van der Waals surface area contributed by atoms with Gasteiger partial charge in [0, 0.05) is 25.7 Å². The molecule has 0 aliphatic carbocycles. The van der Waals surface area contributed by atoms with Crippen molar-refractivity contribution in [2.24, 2.45) is 19.2 Å². The lowest BCUT2D eigenvalue weighted by Gasteiger charge is -2.07. The van der Waals surface area contributed by atoms with Crippen LogP contribution in [-0.4, -0.2) is 37.1 Å². The number of benzene rings is 1. The summed E-state index contributed by atoms with van der Waals surface area (Å²) in [6.45, 7) is 1.96. The standard InChI is InChI=1S/C19H20BrClN6O4/c1-10(21)5-6-27-14-16(25(2)19(30)26(3)17(14)29)23-18(27)24-22-9-11-7-12(20)15(28)13(8-11)31-4/h5,7-9,28H,6H2,1-4H3,(H,23,24). The van der Waals surface area contributed by atoms with Crippen LogP contribution in [0.3, 0.4) is 0 Å². The van der Waals surface area contributed by atoms with Crippen molar-refractivity contribution >= 4 is 50.9 Å². The van der Waals surface area contributed by atoms with Crippen LogP contribution in [0.15, 0.2) is 42.4 Å². The van der Waals surface area contributed by atoms with Crippen LogP contribution >= 0.6 is 27.5 Å². The van der Waals surface area contributed by atoms with Crippen LogP contribution in [0.5, 0.6) is 11.5 Å². The van der Waals surface area contributed by atoms with Crippen molar-refractivity contribution < 1.29 is 9.84 Å². The summed E-state index contributed by atoms with van der Waals surface area (Å²) in [4.78, 5) is 29.4. The van der Waals surface area contributed by atoms with Crippen LogP contribution in [0.25, 0.3) is 11.2 Å². The molecule has 2 aromatic heterocycles. The van der Waals surface area contributed by atoms with E-state index in [4.69, 9.17) is 16.3 Å². The van der Waals surface area contributed by atoms with E-state index in [2.05, 4.69) is 31.4 Å². The highest BCUT2D eigenvalue weighted by Gasteiger charge is 2.18. The first kappa shape index (κ1) is 22.6. The van der Waals surface area contributed by atoms with Gasteiger partial charge in [-0.3, -0.25) is 18.5 Å². The monoisotopic (exact) mass is 510 g/mol. The zero-order valence-corrected chi connectivity index (χ0v) is 19.5. The number of anilines is 1. The number of imidazole rings is 1. The van der Waals surface area contributed by atoms with Crippen molar-refractivity contribution in [2.75, 3.05) is 12.5 Å². The molecule has 31 heavy (non-hydrogen) atoms. The summed E-state index contributed by atoms with van der Waals surface area (Å²) in [5.41, 5.74) is 2.95. The predicted octanol–water partition coefficient (Wildman–Crippen LogP) is 2.50. The van der Waals surface area contributed by atoms with E-state index in [1.165, 1.54) is 32.0 Å². The third-order valence-electron chi connectivity index (χ3n) is 4.55. The third-order valence-corrected chi connectivity index (χ3v) is 5.31. The van der Waals surface area contributed by atoms with Crippen molar-refractivity contribution in [3.63, 3.8) is 0 Å². The van der Waals surface area contributed by atoms with Gasteiger partial charge in [0.2, 0.25) is 5.95 Å². The van der Waals surface area contributed by atoms with Gasteiger partial charge in [0.15, 0.2) is 22.7 Å². The molecule has 0 saturated heterocycles. The quantitative estimate of drug-likeness (QED) is 0.388. The number of rotatable bonds is 6. The third kappa shape index (κ3) is 4.37. The van der Waals surface area contributed by atoms with E-state index >= 15 is 0 Å². The largest absolute Gasteiger partial charge is 0.503 e. The highest BCUT2D eigenvalue weighted by Crippen LogP contribution is 2.34. The highest BCUT2D eigenvalue weighted by atomic mass is 79.9. The molecule has 0 radical (unpaired) electrons. The van der Waals surface area contributed by atoms with Gasteiger partial charge in [-0.15, -0.1) is 0 Å². The average molecular weight is 512 g/mol. The van der Waals surface area contributed by atoms with Gasteiger partial charge in [0.05, 0.1) is 17.8 Å². The molecule has 0 aliphatic heterocycles. The van der Waals surface area contributed by atoms with Gasteiger partial charge in [-0.1, -0.05) is 17.7 Å². The number of ether oxygens (including phenoxy) is 1. The van der Waals surface area contributed by atoms with Crippen LogP contribution in [0.4, 0.5) is 5.95 Å². The zero-order chi connectivity index (χ0) is 22.9. The van der Waals surface area contributed by atoms with E-state index in [1.54, 1.807) is 29.7 Å². The molecule has 0 atom stereocenters. The second kappa shape index (κ2) is 8.98. The molecule has 1 aromatic carbocycles. The first-order valence-corrected chi connectivity index (χ1v) is 10.2. The van der Waals surface area contributed by atoms with Gasteiger partial charge >= 0.3 is 5.69 Å². The van der Waals surface area contributed by atoms with Gasteiger partial charge < -0.3 is 9.84 Å². The molecule has 10 nitrogen and oxygen atoms in total. The lowest BCUT2D eigenvalue weighted by Crippen LogP contribution is -2.37. The second-order valence-corrected chi connectivity index (χ2v) is 8.09. The fourth-order valence-corrected chi connectivity index (χ4v) is 3.44. The lowest BCUT2D eigenvalue weighted by molar-refractivity contribution is 0.372. The Morgan fingerprint density at radius 1 is 1.35 bits per heavy atom. The highest BCUT2D eigenvalue weighted by molar-refractivity contribution is 9.10. The summed E-state index contributed by atoms with van der Waals surface area (Å²) in [7, 11) is 4.39. The number of aryl methyl sites for hydroxylation is 1. The van der Waals surface area contributed by atoms with E-state index in [0.29, 0.717) is 15.1 Å². The molecule has 2 heterocycles. The number of phenols is 1. The number of fused-ring (bicyclic) bond motifs is 1. The Balaban J connectivity index is 2.08. The maximum absolute atomic E-state index is 12.7. The maximum Gasteiger partial charge on any atom is 0.332 e. The first-order chi connectivity index (χ1) is 14.6. The Bertz CT molecular complexity index is 1330. The zero-order valence-electron chi connectivity index (χ0n) is 17.2. The van der Waals surface area contributed by atoms with Gasteiger partial charge in [0.1, 0.15) is 0 Å². The van der Waals surface area contributed by atoms with Gasteiger partial charge in [-0.2, -0.15) is 10.1 Å². The number of nitrogens with zero attached hydrogens (tertiary/aromatic N) is 5. The van der Waals surface area contributed by atoms with Crippen molar-refractivity contribution in [3.05, 3.63) is 54.1 Å². The number of hydrogen-bond acceptors (Lipinski definition) is 7. The van der Waals surface area contributed by atoms with E-state index < -0.39 is 11.2 Å². The molecule has 0 fully saturated rings. The molecule has 0 amide bonds. The summed E-state index contributed by atoms with van der Waals surface area (Å²) in [6, 6.07) is 3.26. The van der Waals surface area contributed by atoms with E-state index in [-0.39, 0.29) is 35.2 Å². The summed E-state index contributed by atoms with van der Waals surface area (Å²) in [6.07, 6.45) is 3.21. The van der Waals surface area contributed by atoms with Gasteiger partial charge in [-0.05, 0) is 40.5 Å². The minimum Gasteiger partial charge on any atom is -0.503 e. The molecule has 2 N–H and O–H groups in total. The van der Waals surface area contributed by atoms with E-state index in [0.717, 1.165) is 4.57 Å². The van der Waals surface area contributed by atoms with Crippen molar-refractivity contribution in [3.8, 4) is 11.5 Å². The lowest BCUT2D eigenvalue weighted by atomic mass is 10.2. The van der Waals surface area contributed by atoms with Crippen LogP contribution < -0.4 is 21.4 Å². The molecule has 0 unspecified atom stereocenters. The van der Waals surface area contributed by atoms with Crippen molar-refractivity contribution in [1.82, 2.24) is 18.7 Å². The van der Waals surface area contributed by atoms with Crippen LogP contribution in [0.2, 0.25) is 0 Å².